The van der Waals surface area contributed by atoms with E-state index in [0.29, 0.717) is 0 Å². The predicted octanol–water partition coefficient (Wildman–Crippen LogP) is 4.30. The highest BCUT2D eigenvalue weighted by molar-refractivity contribution is 6.30. The first-order chi connectivity index (χ1) is 9.04. The van der Waals surface area contributed by atoms with Crippen molar-refractivity contribution in [3.63, 3.8) is 0 Å². The lowest BCUT2D eigenvalue weighted by molar-refractivity contribution is 0.590. The normalized spacial score (nSPS) is 11.2. The number of H-pyrrole nitrogens is 1. The third-order valence-electron chi connectivity index (χ3n) is 2.69. The molecule has 1 N–H and O–H groups in total. The number of aromatic amines is 1. The van der Waals surface area contributed by atoms with E-state index in [9.17, 15) is 13.2 Å². The molecular formula is C13H6ClF3N2. The van der Waals surface area contributed by atoms with E-state index in [1.54, 1.807) is 0 Å². The van der Waals surface area contributed by atoms with Gasteiger partial charge in [-0.3, -0.25) is 0 Å². The number of aromatic nitrogens is 2. The fourth-order valence-electron chi connectivity index (χ4n) is 1.85. The molecule has 0 fully saturated rings. The Bertz CT molecular complexity index is 783. The summed E-state index contributed by atoms with van der Waals surface area (Å²) in [6, 6.07) is 5.86. The van der Waals surface area contributed by atoms with Crippen molar-refractivity contribution in [3.8, 4) is 11.4 Å². The van der Waals surface area contributed by atoms with Crippen molar-refractivity contribution in [3.05, 3.63) is 52.8 Å². The minimum absolute atomic E-state index is 0.0363. The van der Waals surface area contributed by atoms with Crippen LogP contribution in [0.4, 0.5) is 13.2 Å². The maximum Gasteiger partial charge on any atom is 0.153 e. The van der Waals surface area contributed by atoms with Crippen LogP contribution in [0.5, 0.6) is 0 Å². The monoisotopic (exact) mass is 282 g/mol. The maximum absolute atomic E-state index is 13.7. The maximum atomic E-state index is 13.7. The minimum Gasteiger partial charge on any atom is -0.338 e. The zero-order valence-electron chi connectivity index (χ0n) is 9.35. The number of rotatable bonds is 1. The molecule has 3 aromatic rings. The first-order valence-corrected chi connectivity index (χ1v) is 5.72. The van der Waals surface area contributed by atoms with Crippen LogP contribution in [0.1, 0.15) is 0 Å². The van der Waals surface area contributed by atoms with Gasteiger partial charge in [0.2, 0.25) is 0 Å². The van der Waals surface area contributed by atoms with E-state index in [1.165, 1.54) is 12.1 Å². The molecule has 6 heteroatoms. The first kappa shape index (κ1) is 12.0. The summed E-state index contributed by atoms with van der Waals surface area (Å²) < 4.78 is 40.3. The number of nitrogens with one attached hydrogen (secondary N) is 1. The number of fused-ring (bicyclic) bond motifs is 1. The zero-order valence-corrected chi connectivity index (χ0v) is 10.1. The van der Waals surface area contributed by atoms with Crippen LogP contribution in [-0.2, 0) is 0 Å². The molecule has 0 bridgehead atoms. The summed E-state index contributed by atoms with van der Waals surface area (Å²) >= 11 is 5.65. The van der Waals surface area contributed by atoms with Gasteiger partial charge in [0, 0.05) is 11.1 Å². The zero-order chi connectivity index (χ0) is 13.6. The second kappa shape index (κ2) is 4.28. The van der Waals surface area contributed by atoms with E-state index >= 15 is 0 Å². The SMILES string of the molecule is Fc1cc(F)c2nc(-c3ccc(Cl)cc3F)[nH]c2c1. The summed E-state index contributed by atoms with van der Waals surface area (Å²) in [7, 11) is 0. The smallest absolute Gasteiger partial charge is 0.153 e. The summed E-state index contributed by atoms with van der Waals surface area (Å²) in [5.74, 6) is -2.00. The summed E-state index contributed by atoms with van der Waals surface area (Å²) in [4.78, 5) is 6.61. The lowest BCUT2D eigenvalue weighted by Gasteiger charge is -1.99. The Morgan fingerprint density at radius 2 is 1.79 bits per heavy atom. The molecular weight excluding hydrogens is 277 g/mol. The standard InChI is InChI=1S/C13H6ClF3N2/c14-6-1-2-8(9(16)3-6)13-18-11-5-7(15)4-10(17)12(11)19-13/h1-5H,(H,18,19). The molecule has 0 atom stereocenters. The Labute approximate surface area is 110 Å². The number of imidazole rings is 1. The molecule has 0 radical (unpaired) electrons. The number of nitrogens with zero attached hydrogens (tertiary/aromatic N) is 1. The highest BCUT2D eigenvalue weighted by atomic mass is 35.5. The summed E-state index contributed by atoms with van der Waals surface area (Å²) in [6.07, 6.45) is 0. The molecule has 0 aliphatic carbocycles. The van der Waals surface area contributed by atoms with Crippen molar-refractivity contribution in [1.29, 1.82) is 0 Å². The highest BCUT2D eigenvalue weighted by Gasteiger charge is 2.13. The van der Waals surface area contributed by atoms with Crippen molar-refractivity contribution in [1.82, 2.24) is 9.97 Å². The van der Waals surface area contributed by atoms with Gasteiger partial charge in [-0.2, -0.15) is 0 Å². The molecule has 1 aromatic heterocycles. The molecule has 0 aliphatic heterocycles. The van der Waals surface area contributed by atoms with Crippen molar-refractivity contribution in [2.45, 2.75) is 0 Å². The van der Waals surface area contributed by atoms with Gasteiger partial charge in [-0.05, 0) is 24.3 Å². The van der Waals surface area contributed by atoms with Gasteiger partial charge in [0.05, 0.1) is 11.1 Å². The van der Waals surface area contributed by atoms with E-state index in [0.717, 1.165) is 18.2 Å². The quantitative estimate of drug-likeness (QED) is 0.708. The van der Waals surface area contributed by atoms with Crippen LogP contribution in [0.3, 0.4) is 0 Å². The molecule has 0 spiro atoms. The van der Waals surface area contributed by atoms with E-state index < -0.39 is 17.5 Å². The second-order valence-electron chi connectivity index (χ2n) is 3.99. The van der Waals surface area contributed by atoms with Gasteiger partial charge in [0.25, 0.3) is 0 Å². The van der Waals surface area contributed by atoms with Gasteiger partial charge in [-0.25, -0.2) is 18.2 Å². The molecule has 0 saturated heterocycles. The molecule has 96 valence electrons. The lowest BCUT2D eigenvalue weighted by Crippen LogP contribution is -1.86. The van der Waals surface area contributed by atoms with Crippen LogP contribution in [-0.4, -0.2) is 9.97 Å². The summed E-state index contributed by atoms with van der Waals surface area (Å²) in [6.45, 7) is 0. The van der Waals surface area contributed by atoms with Crippen LogP contribution >= 0.6 is 11.6 Å². The third-order valence-corrected chi connectivity index (χ3v) is 2.93. The lowest BCUT2D eigenvalue weighted by atomic mass is 10.2. The molecule has 0 unspecified atom stereocenters. The van der Waals surface area contributed by atoms with Crippen LogP contribution < -0.4 is 0 Å². The van der Waals surface area contributed by atoms with Crippen LogP contribution in [0.15, 0.2) is 30.3 Å². The molecule has 2 nitrogen and oxygen atoms in total. The van der Waals surface area contributed by atoms with Crippen molar-refractivity contribution in [2.75, 3.05) is 0 Å². The van der Waals surface area contributed by atoms with E-state index in [4.69, 9.17) is 11.6 Å². The predicted molar refractivity (Wildman–Crippen MR) is 66.4 cm³/mol. The van der Waals surface area contributed by atoms with Crippen LogP contribution in [0.25, 0.3) is 22.4 Å². The van der Waals surface area contributed by atoms with Crippen LogP contribution in [0.2, 0.25) is 5.02 Å². The van der Waals surface area contributed by atoms with Gasteiger partial charge in [-0.15, -0.1) is 0 Å². The molecule has 0 amide bonds. The van der Waals surface area contributed by atoms with Crippen molar-refractivity contribution >= 4 is 22.6 Å². The average Bonchev–Trinajstić information content (AvgIpc) is 2.72. The van der Waals surface area contributed by atoms with Gasteiger partial charge in [-0.1, -0.05) is 11.6 Å². The summed E-state index contributed by atoms with van der Waals surface area (Å²) in [5.41, 5.74) is 0.271. The number of hydrogen-bond donors (Lipinski definition) is 1. The largest absolute Gasteiger partial charge is 0.338 e. The molecule has 0 aliphatic rings. The second-order valence-corrected chi connectivity index (χ2v) is 4.43. The number of benzene rings is 2. The Balaban J connectivity index is 2.23. The van der Waals surface area contributed by atoms with E-state index in [-0.39, 0.29) is 27.4 Å². The minimum atomic E-state index is -0.799. The Hall–Kier alpha value is -2.01. The van der Waals surface area contributed by atoms with Crippen molar-refractivity contribution < 1.29 is 13.2 Å². The van der Waals surface area contributed by atoms with Gasteiger partial charge >= 0.3 is 0 Å². The Kier molecular flexibility index (Phi) is 2.71. The summed E-state index contributed by atoms with van der Waals surface area (Å²) in [5, 5.41) is 0.245. The fourth-order valence-corrected chi connectivity index (χ4v) is 2.01. The Morgan fingerprint density at radius 3 is 2.53 bits per heavy atom. The topological polar surface area (TPSA) is 28.7 Å². The first-order valence-electron chi connectivity index (χ1n) is 5.35. The van der Waals surface area contributed by atoms with E-state index in [1.807, 2.05) is 0 Å². The molecule has 19 heavy (non-hydrogen) atoms. The third kappa shape index (κ3) is 2.06. The van der Waals surface area contributed by atoms with Crippen molar-refractivity contribution in [2.24, 2.45) is 0 Å². The van der Waals surface area contributed by atoms with Gasteiger partial charge in [0.15, 0.2) is 5.82 Å². The number of hydrogen-bond acceptors (Lipinski definition) is 1. The van der Waals surface area contributed by atoms with Gasteiger partial charge in [0.1, 0.15) is 23.0 Å². The number of halogens is 4. The molecule has 3 rings (SSSR count). The fraction of sp³-hybridized carbons (Fsp3) is 0. The van der Waals surface area contributed by atoms with Crippen LogP contribution in [0, 0.1) is 17.5 Å². The molecule has 2 aromatic carbocycles. The van der Waals surface area contributed by atoms with E-state index in [2.05, 4.69) is 9.97 Å². The Morgan fingerprint density at radius 1 is 1.00 bits per heavy atom. The molecule has 0 saturated carbocycles. The highest BCUT2D eigenvalue weighted by Crippen LogP contribution is 2.26. The van der Waals surface area contributed by atoms with Gasteiger partial charge < -0.3 is 4.98 Å². The molecule has 1 heterocycles. The average molecular weight is 283 g/mol.